The van der Waals surface area contributed by atoms with Crippen molar-refractivity contribution in [1.29, 1.82) is 0 Å². The van der Waals surface area contributed by atoms with Gasteiger partial charge in [-0.1, -0.05) is 13.8 Å². The van der Waals surface area contributed by atoms with Crippen molar-refractivity contribution in [2.75, 3.05) is 6.61 Å². The molecule has 1 saturated heterocycles. The van der Waals surface area contributed by atoms with E-state index in [1.54, 1.807) is 0 Å². The van der Waals surface area contributed by atoms with E-state index in [1.165, 1.54) is 18.5 Å². The molecule has 0 bridgehead atoms. The van der Waals surface area contributed by atoms with Gasteiger partial charge >= 0.3 is 0 Å². The molecule has 0 amide bonds. The maximum Gasteiger partial charge on any atom is 0.0951 e. The van der Waals surface area contributed by atoms with E-state index in [2.05, 4.69) is 28.7 Å². The van der Waals surface area contributed by atoms with Crippen molar-refractivity contribution in [1.82, 2.24) is 14.9 Å². The number of rotatable bonds is 6. The summed E-state index contributed by atoms with van der Waals surface area (Å²) in [6, 6.07) is 1.29. The van der Waals surface area contributed by atoms with Crippen molar-refractivity contribution in [3.05, 3.63) is 18.2 Å². The van der Waals surface area contributed by atoms with Crippen LogP contribution in [0.1, 0.15) is 64.1 Å². The predicted molar refractivity (Wildman–Crippen MR) is 79.6 cm³/mol. The highest BCUT2D eigenvalue weighted by molar-refractivity contribution is 5.03. The van der Waals surface area contributed by atoms with Crippen LogP contribution in [0.2, 0.25) is 0 Å². The Morgan fingerprint density at radius 1 is 1.35 bits per heavy atom. The average Bonchev–Trinajstić information content (AvgIpc) is 3.21. The summed E-state index contributed by atoms with van der Waals surface area (Å²) in [5, 5.41) is 3.60. The third-order valence-electron chi connectivity index (χ3n) is 5.04. The molecule has 2 fully saturated rings. The Morgan fingerprint density at radius 3 is 2.85 bits per heavy atom. The quantitative estimate of drug-likeness (QED) is 0.868. The van der Waals surface area contributed by atoms with Crippen LogP contribution in [0.15, 0.2) is 12.5 Å². The monoisotopic (exact) mass is 277 g/mol. The van der Waals surface area contributed by atoms with Crippen molar-refractivity contribution < 1.29 is 4.74 Å². The maximum absolute atomic E-state index is 6.09. The lowest BCUT2D eigenvalue weighted by molar-refractivity contribution is -0.0990. The van der Waals surface area contributed by atoms with Crippen LogP contribution in [0.4, 0.5) is 0 Å². The Balaban J connectivity index is 1.69. The van der Waals surface area contributed by atoms with Gasteiger partial charge in [0, 0.05) is 31.4 Å². The molecule has 20 heavy (non-hydrogen) atoms. The SMILES string of the molecule is CCC1(CC)CC(n2cncc2CNC2CC2)CCO1. The lowest BCUT2D eigenvalue weighted by Crippen LogP contribution is -2.39. The van der Waals surface area contributed by atoms with Gasteiger partial charge in [0.25, 0.3) is 0 Å². The molecule has 2 aliphatic rings. The number of nitrogens with zero attached hydrogens (tertiary/aromatic N) is 2. The van der Waals surface area contributed by atoms with E-state index in [0.717, 1.165) is 44.9 Å². The number of nitrogens with one attached hydrogen (secondary N) is 1. The largest absolute Gasteiger partial charge is 0.375 e. The van der Waals surface area contributed by atoms with Crippen LogP contribution >= 0.6 is 0 Å². The van der Waals surface area contributed by atoms with Crippen molar-refractivity contribution in [2.24, 2.45) is 0 Å². The summed E-state index contributed by atoms with van der Waals surface area (Å²) >= 11 is 0. The Hall–Kier alpha value is -0.870. The zero-order valence-corrected chi connectivity index (χ0v) is 12.8. The van der Waals surface area contributed by atoms with Crippen LogP contribution in [0, 0.1) is 0 Å². The van der Waals surface area contributed by atoms with Gasteiger partial charge in [-0.05, 0) is 38.5 Å². The summed E-state index contributed by atoms with van der Waals surface area (Å²) < 4.78 is 8.48. The molecule has 0 spiro atoms. The molecule has 3 rings (SSSR count). The number of hydrogen-bond donors (Lipinski definition) is 1. The molecular formula is C16H27N3O. The topological polar surface area (TPSA) is 39.1 Å². The molecule has 4 heteroatoms. The minimum Gasteiger partial charge on any atom is -0.375 e. The van der Waals surface area contributed by atoms with Gasteiger partial charge in [-0.3, -0.25) is 0 Å². The molecule has 0 radical (unpaired) electrons. The second-order valence-corrected chi connectivity index (χ2v) is 6.33. The Bertz CT molecular complexity index is 435. The average molecular weight is 277 g/mol. The summed E-state index contributed by atoms with van der Waals surface area (Å²) in [4.78, 5) is 4.38. The summed E-state index contributed by atoms with van der Waals surface area (Å²) in [5.74, 6) is 0. The highest BCUT2D eigenvalue weighted by Gasteiger charge is 2.35. The highest BCUT2D eigenvalue weighted by atomic mass is 16.5. The maximum atomic E-state index is 6.09. The summed E-state index contributed by atoms with van der Waals surface area (Å²) in [6.45, 7) is 6.32. The van der Waals surface area contributed by atoms with Crippen LogP contribution in [-0.4, -0.2) is 27.8 Å². The van der Waals surface area contributed by atoms with Crippen LogP contribution in [0.3, 0.4) is 0 Å². The molecule has 2 heterocycles. The highest BCUT2D eigenvalue weighted by Crippen LogP contribution is 2.37. The predicted octanol–water partition coefficient (Wildman–Crippen LogP) is 3.05. The number of aromatic nitrogens is 2. The molecule has 1 saturated carbocycles. The van der Waals surface area contributed by atoms with Gasteiger partial charge in [0.15, 0.2) is 0 Å². The number of ether oxygens (including phenoxy) is 1. The fraction of sp³-hybridized carbons (Fsp3) is 0.812. The van der Waals surface area contributed by atoms with Gasteiger partial charge in [-0.15, -0.1) is 0 Å². The van der Waals surface area contributed by atoms with Crippen molar-refractivity contribution in [3.8, 4) is 0 Å². The van der Waals surface area contributed by atoms with E-state index in [9.17, 15) is 0 Å². The number of hydrogen-bond acceptors (Lipinski definition) is 3. The van der Waals surface area contributed by atoms with E-state index in [-0.39, 0.29) is 5.60 Å². The van der Waals surface area contributed by atoms with E-state index in [0.29, 0.717) is 6.04 Å². The van der Waals surface area contributed by atoms with E-state index in [1.807, 2.05) is 12.5 Å². The first-order chi connectivity index (χ1) is 9.76. The first-order valence-corrected chi connectivity index (χ1v) is 8.14. The first kappa shape index (κ1) is 14.1. The molecular weight excluding hydrogens is 250 g/mol. The lowest BCUT2D eigenvalue weighted by atomic mass is 9.85. The minimum absolute atomic E-state index is 0.0778. The molecule has 1 aromatic rings. The summed E-state index contributed by atoms with van der Waals surface area (Å²) in [6.07, 6.45) is 11.1. The second-order valence-electron chi connectivity index (χ2n) is 6.33. The molecule has 1 atom stereocenters. The fourth-order valence-electron chi connectivity index (χ4n) is 3.32. The second kappa shape index (κ2) is 5.86. The molecule has 1 aliphatic heterocycles. The molecule has 1 N–H and O–H groups in total. The molecule has 0 aromatic carbocycles. The Labute approximate surface area is 121 Å². The van der Waals surface area contributed by atoms with Gasteiger partial charge in [-0.2, -0.15) is 0 Å². The van der Waals surface area contributed by atoms with Crippen molar-refractivity contribution in [3.63, 3.8) is 0 Å². The third-order valence-corrected chi connectivity index (χ3v) is 5.04. The fourth-order valence-corrected chi connectivity index (χ4v) is 3.32. The van der Waals surface area contributed by atoms with Crippen LogP contribution in [0.25, 0.3) is 0 Å². The minimum atomic E-state index is 0.0778. The first-order valence-electron chi connectivity index (χ1n) is 8.14. The smallest absolute Gasteiger partial charge is 0.0951 e. The molecule has 1 aromatic heterocycles. The van der Waals surface area contributed by atoms with E-state index >= 15 is 0 Å². The zero-order valence-electron chi connectivity index (χ0n) is 12.8. The Morgan fingerprint density at radius 2 is 2.15 bits per heavy atom. The normalized spacial score (nSPS) is 25.8. The van der Waals surface area contributed by atoms with Gasteiger partial charge < -0.3 is 14.6 Å². The third kappa shape index (κ3) is 2.91. The lowest BCUT2D eigenvalue weighted by Gasteiger charge is -2.40. The summed E-state index contributed by atoms with van der Waals surface area (Å²) in [7, 11) is 0. The van der Waals surface area contributed by atoms with Crippen molar-refractivity contribution >= 4 is 0 Å². The van der Waals surface area contributed by atoms with E-state index < -0.39 is 0 Å². The molecule has 112 valence electrons. The number of imidazole rings is 1. The van der Waals surface area contributed by atoms with Crippen molar-refractivity contribution in [2.45, 2.75) is 76.6 Å². The van der Waals surface area contributed by atoms with Crippen LogP contribution in [0.5, 0.6) is 0 Å². The molecule has 1 unspecified atom stereocenters. The van der Waals surface area contributed by atoms with Gasteiger partial charge in [0.1, 0.15) is 0 Å². The van der Waals surface area contributed by atoms with E-state index in [4.69, 9.17) is 4.74 Å². The summed E-state index contributed by atoms with van der Waals surface area (Å²) in [5.41, 5.74) is 1.40. The van der Waals surface area contributed by atoms with Crippen LogP contribution < -0.4 is 5.32 Å². The molecule has 4 nitrogen and oxygen atoms in total. The zero-order chi connectivity index (χ0) is 14.0. The Kier molecular flexibility index (Phi) is 4.13. The molecule has 1 aliphatic carbocycles. The van der Waals surface area contributed by atoms with Crippen LogP contribution in [-0.2, 0) is 11.3 Å². The van der Waals surface area contributed by atoms with Gasteiger partial charge in [0.2, 0.25) is 0 Å². The standard InChI is InChI=1S/C16H27N3O/c1-3-16(4-2)9-14(7-8-20-16)19-12-17-10-15(19)11-18-13-5-6-13/h10,12-14,18H,3-9,11H2,1-2H3. The van der Waals surface area contributed by atoms with Gasteiger partial charge in [-0.25, -0.2) is 4.98 Å². The van der Waals surface area contributed by atoms with Gasteiger partial charge in [0.05, 0.1) is 17.6 Å².